The van der Waals surface area contributed by atoms with Crippen molar-refractivity contribution in [2.45, 2.75) is 6.92 Å². The summed E-state index contributed by atoms with van der Waals surface area (Å²) in [6, 6.07) is 16.3. The van der Waals surface area contributed by atoms with Gasteiger partial charge in [0.2, 0.25) is 11.9 Å². The van der Waals surface area contributed by atoms with Gasteiger partial charge in [-0.3, -0.25) is 4.79 Å². The fraction of sp³-hybridized carbons (Fsp3) is 0.0556. The highest BCUT2D eigenvalue weighted by Crippen LogP contribution is 2.20. The Morgan fingerprint density at radius 3 is 2.54 bits per heavy atom. The molecule has 0 saturated carbocycles. The van der Waals surface area contributed by atoms with Crippen molar-refractivity contribution >= 4 is 34.7 Å². The normalized spacial score (nSPS) is 9.85. The molecule has 0 saturated heterocycles. The molecule has 2 aromatic carbocycles. The second-order valence-corrected chi connectivity index (χ2v) is 5.37. The number of amides is 1. The van der Waals surface area contributed by atoms with Crippen molar-refractivity contribution in [2.75, 3.05) is 16.0 Å². The Bertz CT molecular complexity index is 981. The van der Waals surface area contributed by atoms with E-state index in [1.807, 2.05) is 12.1 Å². The number of nitrogens with zero attached hydrogens (tertiary/aromatic N) is 4. The highest BCUT2D eigenvalue weighted by molar-refractivity contribution is 5.89. The minimum atomic E-state index is -0.142. The van der Waals surface area contributed by atoms with Gasteiger partial charge in [-0.2, -0.15) is 15.3 Å². The van der Waals surface area contributed by atoms with Crippen LogP contribution in [0.1, 0.15) is 12.5 Å². The lowest BCUT2D eigenvalue weighted by molar-refractivity contribution is -0.114. The van der Waals surface area contributed by atoms with E-state index in [1.54, 1.807) is 36.4 Å². The highest BCUT2D eigenvalue weighted by atomic mass is 16.1. The van der Waals surface area contributed by atoms with Gasteiger partial charge in [0.05, 0.1) is 17.8 Å². The third-order valence-corrected chi connectivity index (χ3v) is 3.26. The number of benzene rings is 2. The van der Waals surface area contributed by atoms with Crippen molar-refractivity contribution in [1.82, 2.24) is 15.2 Å². The fourth-order valence-corrected chi connectivity index (χ4v) is 2.24. The molecular weight excluding hydrogens is 330 g/mol. The number of aromatic nitrogens is 3. The molecule has 3 N–H and O–H groups in total. The molecule has 1 aromatic heterocycles. The van der Waals surface area contributed by atoms with Gasteiger partial charge < -0.3 is 16.0 Å². The van der Waals surface area contributed by atoms with Crippen LogP contribution in [0, 0.1) is 11.3 Å². The zero-order valence-corrected chi connectivity index (χ0v) is 13.9. The largest absolute Gasteiger partial charge is 0.339 e. The molecule has 26 heavy (non-hydrogen) atoms. The quantitative estimate of drug-likeness (QED) is 0.650. The molecule has 0 aliphatic rings. The first-order valence-electron chi connectivity index (χ1n) is 7.74. The molecule has 0 atom stereocenters. The van der Waals surface area contributed by atoms with Crippen LogP contribution in [0.5, 0.6) is 0 Å². The molecule has 0 aliphatic heterocycles. The van der Waals surface area contributed by atoms with Crippen LogP contribution in [0.2, 0.25) is 0 Å². The number of nitrogens with one attached hydrogen (secondary N) is 3. The maximum absolute atomic E-state index is 11.2. The summed E-state index contributed by atoms with van der Waals surface area (Å²) in [4.78, 5) is 15.5. The maximum Gasteiger partial charge on any atom is 0.249 e. The Kier molecular flexibility index (Phi) is 5.00. The summed E-state index contributed by atoms with van der Waals surface area (Å²) in [6.45, 7) is 1.45. The van der Waals surface area contributed by atoms with E-state index >= 15 is 0 Å². The molecule has 1 amide bonds. The summed E-state index contributed by atoms with van der Waals surface area (Å²) in [6.07, 6.45) is 1.49. The fourth-order valence-electron chi connectivity index (χ4n) is 2.24. The Labute approximate surface area is 149 Å². The van der Waals surface area contributed by atoms with Crippen molar-refractivity contribution in [3.05, 3.63) is 60.3 Å². The van der Waals surface area contributed by atoms with Gasteiger partial charge in [0.1, 0.15) is 0 Å². The van der Waals surface area contributed by atoms with Crippen LogP contribution in [0.15, 0.2) is 54.7 Å². The van der Waals surface area contributed by atoms with Gasteiger partial charge in [0, 0.05) is 24.0 Å². The van der Waals surface area contributed by atoms with Gasteiger partial charge in [-0.15, -0.1) is 5.10 Å². The molecule has 0 unspecified atom stereocenters. The zero-order valence-electron chi connectivity index (χ0n) is 13.9. The summed E-state index contributed by atoms with van der Waals surface area (Å²) in [5, 5.41) is 25.6. The Balaban J connectivity index is 1.75. The van der Waals surface area contributed by atoms with Crippen LogP contribution < -0.4 is 16.0 Å². The molecule has 3 rings (SSSR count). The predicted molar refractivity (Wildman–Crippen MR) is 98.3 cm³/mol. The molecule has 0 aliphatic carbocycles. The summed E-state index contributed by atoms with van der Waals surface area (Å²) < 4.78 is 0. The van der Waals surface area contributed by atoms with Crippen LogP contribution in [-0.4, -0.2) is 21.1 Å². The third kappa shape index (κ3) is 4.52. The lowest BCUT2D eigenvalue weighted by atomic mass is 10.2. The second-order valence-electron chi connectivity index (χ2n) is 5.37. The Morgan fingerprint density at radius 2 is 1.77 bits per heavy atom. The number of anilines is 5. The standard InChI is InChI=1S/C18H15N7O/c1-12(26)21-15-6-3-7-16(9-15)22-17-11-20-25-18(24-17)23-14-5-2-4-13(8-14)10-19/h2-9,11H,1H3,(H,21,26)(H2,22,23,24,25). The van der Waals surface area contributed by atoms with Crippen LogP contribution in [0.25, 0.3) is 0 Å². The minimum absolute atomic E-state index is 0.142. The van der Waals surface area contributed by atoms with Crippen molar-refractivity contribution in [2.24, 2.45) is 0 Å². The second kappa shape index (κ2) is 7.72. The van der Waals surface area contributed by atoms with E-state index in [-0.39, 0.29) is 5.91 Å². The van der Waals surface area contributed by atoms with Gasteiger partial charge in [-0.25, -0.2) is 0 Å². The van der Waals surface area contributed by atoms with Crippen molar-refractivity contribution in [1.29, 1.82) is 5.26 Å². The SMILES string of the molecule is CC(=O)Nc1cccc(Nc2cnnc(Nc3cccc(C#N)c3)n2)c1. The van der Waals surface area contributed by atoms with Gasteiger partial charge in [0.25, 0.3) is 0 Å². The highest BCUT2D eigenvalue weighted by Gasteiger charge is 2.04. The maximum atomic E-state index is 11.2. The van der Waals surface area contributed by atoms with Crippen LogP contribution in [-0.2, 0) is 4.79 Å². The lowest BCUT2D eigenvalue weighted by Crippen LogP contribution is -2.06. The van der Waals surface area contributed by atoms with E-state index in [1.165, 1.54) is 13.1 Å². The molecule has 8 heteroatoms. The Hall–Kier alpha value is -3.99. The smallest absolute Gasteiger partial charge is 0.249 e. The van der Waals surface area contributed by atoms with Crippen LogP contribution in [0.4, 0.5) is 28.8 Å². The first-order valence-corrected chi connectivity index (χ1v) is 7.74. The molecule has 0 bridgehead atoms. The van der Waals surface area contributed by atoms with Gasteiger partial charge in [-0.05, 0) is 36.4 Å². The van der Waals surface area contributed by atoms with E-state index in [2.05, 4.69) is 37.2 Å². The summed E-state index contributed by atoms with van der Waals surface area (Å²) in [5.74, 6) is 0.638. The molecule has 3 aromatic rings. The first-order chi connectivity index (χ1) is 12.6. The summed E-state index contributed by atoms with van der Waals surface area (Å²) in [7, 11) is 0. The van der Waals surface area contributed by atoms with Crippen molar-refractivity contribution < 1.29 is 4.79 Å². The number of nitriles is 1. The van der Waals surface area contributed by atoms with Gasteiger partial charge >= 0.3 is 0 Å². The molecule has 0 radical (unpaired) electrons. The van der Waals surface area contributed by atoms with Crippen molar-refractivity contribution in [3.8, 4) is 6.07 Å². The summed E-state index contributed by atoms with van der Waals surface area (Å²) in [5.41, 5.74) is 2.65. The molecule has 0 fully saturated rings. The number of carbonyl (C=O) groups is 1. The van der Waals surface area contributed by atoms with E-state index in [0.29, 0.717) is 28.7 Å². The first kappa shape index (κ1) is 16.9. The number of hydrogen-bond donors (Lipinski definition) is 3. The average molecular weight is 345 g/mol. The van der Waals surface area contributed by atoms with E-state index in [4.69, 9.17) is 5.26 Å². The monoisotopic (exact) mass is 345 g/mol. The van der Waals surface area contributed by atoms with E-state index in [9.17, 15) is 4.79 Å². The third-order valence-electron chi connectivity index (χ3n) is 3.26. The van der Waals surface area contributed by atoms with Gasteiger partial charge in [-0.1, -0.05) is 12.1 Å². The molecule has 1 heterocycles. The zero-order chi connectivity index (χ0) is 18.4. The minimum Gasteiger partial charge on any atom is -0.339 e. The number of hydrogen-bond acceptors (Lipinski definition) is 7. The van der Waals surface area contributed by atoms with Gasteiger partial charge in [0.15, 0.2) is 5.82 Å². The Morgan fingerprint density at radius 1 is 1.04 bits per heavy atom. The number of rotatable bonds is 5. The predicted octanol–water partition coefficient (Wildman–Crippen LogP) is 3.19. The van der Waals surface area contributed by atoms with E-state index in [0.717, 1.165) is 5.69 Å². The lowest BCUT2D eigenvalue weighted by Gasteiger charge is -2.09. The topological polar surface area (TPSA) is 116 Å². The molecule has 8 nitrogen and oxygen atoms in total. The molecule has 0 spiro atoms. The average Bonchev–Trinajstić information content (AvgIpc) is 2.62. The van der Waals surface area contributed by atoms with E-state index < -0.39 is 0 Å². The van der Waals surface area contributed by atoms with Crippen LogP contribution >= 0.6 is 0 Å². The number of carbonyl (C=O) groups excluding carboxylic acids is 1. The van der Waals surface area contributed by atoms with Crippen LogP contribution in [0.3, 0.4) is 0 Å². The molecule has 128 valence electrons. The molecular formula is C18H15N7O. The summed E-state index contributed by atoms with van der Waals surface area (Å²) >= 11 is 0. The van der Waals surface area contributed by atoms with Crippen molar-refractivity contribution in [3.63, 3.8) is 0 Å².